The minimum atomic E-state index is -0.830. The van der Waals surface area contributed by atoms with Crippen LogP contribution in [-0.2, 0) is 9.53 Å². The summed E-state index contributed by atoms with van der Waals surface area (Å²) in [6, 6.07) is 2.08. The van der Waals surface area contributed by atoms with Crippen molar-refractivity contribution in [3.05, 3.63) is 0 Å². The molecule has 0 aromatic rings. The van der Waals surface area contributed by atoms with Crippen molar-refractivity contribution in [2.24, 2.45) is 17.3 Å². The second-order valence-electron chi connectivity index (χ2n) is 4.10. The lowest BCUT2D eigenvalue weighted by atomic mass is 9.59. The van der Waals surface area contributed by atoms with Gasteiger partial charge in [0.25, 0.3) is 0 Å². The van der Waals surface area contributed by atoms with Crippen LogP contribution < -0.4 is 0 Å². The summed E-state index contributed by atoms with van der Waals surface area (Å²) in [5.41, 5.74) is -0.830. The third-order valence-corrected chi connectivity index (χ3v) is 2.95. The van der Waals surface area contributed by atoms with Crippen molar-refractivity contribution in [1.29, 1.82) is 5.26 Å². The molecule has 0 spiro atoms. The Balaban J connectivity index is 2.62. The predicted molar refractivity (Wildman–Crippen MR) is 47.6 cm³/mol. The molecule has 0 amide bonds. The summed E-state index contributed by atoms with van der Waals surface area (Å²) in [5, 5.41) is 8.89. The van der Waals surface area contributed by atoms with Gasteiger partial charge in [-0.1, -0.05) is 13.8 Å². The van der Waals surface area contributed by atoms with E-state index in [1.54, 1.807) is 0 Å². The number of hydrogen-bond acceptors (Lipinski definition) is 3. The second kappa shape index (κ2) is 3.37. The van der Waals surface area contributed by atoms with Gasteiger partial charge < -0.3 is 4.74 Å². The number of esters is 1. The maximum Gasteiger partial charge on any atom is 0.326 e. The quantitative estimate of drug-likeness (QED) is 0.609. The first-order chi connectivity index (χ1) is 6.05. The summed E-state index contributed by atoms with van der Waals surface area (Å²) >= 11 is 0. The maximum atomic E-state index is 11.3. The molecule has 0 aliphatic heterocycles. The van der Waals surface area contributed by atoms with Crippen molar-refractivity contribution in [2.45, 2.75) is 26.7 Å². The van der Waals surface area contributed by atoms with Gasteiger partial charge in [0.05, 0.1) is 13.2 Å². The van der Waals surface area contributed by atoms with E-state index >= 15 is 0 Å². The largest absolute Gasteiger partial charge is 0.468 e. The smallest absolute Gasteiger partial charge is 0.326 e. The molecule has 72 valence electrons. The molecule has 1 saturated carbocycles. The Morgan fingerprint density at radius 1 is 1.62 bits per heavy atom. The van der Waals surface area contributed by atoms with Crippen LogP contribution in [0.25, 0.3) is 0 Å². The van der Waals surface area contributed by atoms with Gasteiger partial charge in [0.1, 0.15) is 0 Å². The number of nitriles is 1. The van der Waals surface area contributed by atoms with Gasteiger partial charge in [-0.15, -0.1) is 0 Å². The van der Waals surface area contributed by atoms with Crippen LogP contribution >= 0.6 is 0 Å². The molecule has 0 unspecified atom stereocenters. The molecule has 0 aromatic heterocycles. The van der Waals surface area contributed by atoms with Gasteiger partial charge in [0, 0.05) is 0 Å². The molecule has 0 N–H and O–H groups in total. The zero-order valence-corrected chi connectivity index (χ0v) is 8.33. The predicted octanol–water partition coefficient (Wildman–Crippen LogP) is 1.74. The minimum absolute atomic E-state index is 0.369. The fourth-order valence-electron chi connectivity index (χ4n) is 1.81. The van der Waals surface area contributed by atoms with Gasteiger partial charge in [0.15, 0.2) is 5.41 Å². The molecule has 0 saturated heterocycles. The molecule has 0 bridgehead atoms. The van der Waals surface area contributed by atoms with Crippen molar-refractivity contribution in [1.82, 2.24) is 0 Å². The summed E-state index contributed by atoms with van der Waals surface area (Å²) in [4.78, 5) is 11.3. The zero-order valence-electron chi connectivity index (χ0n) is 8.33. The molecular weight excluding hydrogens is 166 g/mol. The Bertz CT molecular complexity index is 246. The molecule has 0 aromatic carbocycles. The highest BCUT2D eigenvalue weighted by Crippen LogP contribution is 2.49. The monoisotopic (exact) mass is 181 g/mol. The van der Waals surface area contributed by atoms with Crippen LogP contribution in [0.15, 0.2) is 0 Å². The Labute approximate surface area is 78.7 Å². The van der Waals surface area contributed by atoms with Crippen LogP contribution in [0.5, 0.6) is 0 Å². The van der Waals surface area contributed by atoms with Crippen LogP contribution in [-0.4, -0.2) is 13.1 Å². The number of ether oxygens (including phenoxy) is 1. The average Bonchev–Trinajstić information content (AvgIpc) is 2.02. The lowest BCUT2D eigenvalue weighted by molar-refractivity contribution is -0.157. The highest BCUT2D eigenvalue weighted by atomic mass is 16.5. The number of methoxy groups -OCH3 is 1. The molecular formula is C10H15NO2. The van der Waals surface area contributed by atoms with Gasteiger partial charge in [-0.05, 0) is 24.7 Å². The Kier molecular flexibility index (Phi) is 2.60. The molecule has 0 heterocycles. The molecule has 1 aliphatic carbocycles. The van der Waals surface area contributed by atoms with E-state index in [0.29, 0.717) is 24.7 Å². The van der Waals surface area contributed by atoms with E-state index in [0.717, 1.165) is 0 Å². The van der Waals surface area contributed by atoms with Gasteiger partial charge in [0.2, 0.25) is 0 Å². The Morgan fingerprint density at radius 2 is 2.15 bits per heavy atom. The third-order valence-electron chi connectivity index (χ3n) is 2.95. The van der Waals surface area contributed by atoms with Crippen molar-refractivity contribution >= 4 is 5.97 Å². The molecule has 1 aliphatic rings. The molecule has 1 rings (SSSR count). The molecule has 3 heteroatoms. The normalized spacial score (nSPS) is 32.1. The fraction of sp³-hybridized carbons (Fsp3) is 0.800. The molecule has 1 fully saturated rings. The summed E-state index contributed by atoms with van der Waals surface area (Å²) in [6.07, 6.45) is 1.32. The van der Waals surface area contributed by atoms with Crippen molar-refractivity contribution < 1.29 is 9.53 Å². The summed E-state index contributed by atoms with van der Waals surface area (Å²) < 4.78 is 4.62. The van der Waals surface area contributed by atoms with E-state index in [9.17, 15) is 4.79 Å². The van der Waals surface area contributed by atoms with Crippen molar-refractivity contribution in [2.75, 3.05) is 7.11 Å². The van der Waals surface area contributed by atoms with E-state index < -0.39 is 5.41 Å². The van der Waals surface area contributed by atoms with E-state index in [2.05, 4.69) is 24.7 Å². The highest BCUT2D eigenvalue weighted by Gasteiger charge is 2.52. The fourth-order valence-corrected chi connectivity index (χ4v) is 1.81. The molecule has 3 nitrogen and oxygen atoms in total. The molecule has 13 heavy (non-hydrogen) atoms. The second-order valence-corrected chi connectivity index (χ2v) is 4.10. The minimum Gasteiger partial charge on any atom is -0.468 e. The van der Waals surface area contributed by atoms with Crippen molar-refractivity contribution in [3.8, 4) is 6.07 Å². The van der Waals surface area contributed by atoms with Crippen LogP contribution in [0, 0.1) is 28.6 Å². The number of rotatable bonds is 2. The Hall–Kier alpha value is -1.04. The van der Waals surface area contributed by atoms with Crippen LogP contribution in [0.1, 0.15) is 26.7 Å². The van der Waals surface area contributed by atoms with Crippen LogP contribution in [0.2, 0.25) is 0 Å². The number of carbonyl (C=O) groups is 1. The highest BCUT2D eigenvalue weighted by molar-refractivity contribution is 5.81. The van der Waals surface area contributed by atoms with E-state index in [4.69, 9.17) is 5.26 Å². The SMILES string of the molecule is COC(=O)C1(C#N)CC(C(C)C)C1. The third kappa shape index (κ3) is 1.53. The van der Waals surface area contributed by atoms with Gasteiger partial charge >= 0.3 is 5.97 Å². The van der Waals surface area contributed by atoms with Crippen molar-refractivity contribution in [3.63, 3.8) is 0 Å². The first-order valence-electron chi connectivity index (χ1n) is 4.55. The van der Waals surface area contributed by atoms with Gasteiger partial charge in [-0.3, -0.25) is 4.79 Å². The molecule has 0 radical (unpaired) electrons. The standard InChI is InChI=1S/C10H15NO2/c1-7(2)8-4-10(5-8,6-11)9(12)13-3/h7-8H,4-5H2,1-3H3. The first-order valence-corrected chi connectivity index (χ1v) is 4.55. The van der Waals surface area contributed by atoms with Crippen LogP contribution in [0.3, 0.4) is 0 Å². The lowest BCUT2D eigenvalue weighted by Gasteiger charge is -2.42. The van der Waals surface area contributed by atoms with E-state index in [1.165, 1.54) is 7.11 Å². The van der Waals surface area contributed by atoms with Crippen LogP contribution in [0.4, 0.5) is 0 Å². The molecule has 0 atom stereocenters. The van der Waals surface area contributed by atoms with Gasteiger partial charge in [-0.25, -0.2) is 0 Å². The van der Waals surface area contributed by atoms with E-state index in [1.807, 2.05) is 0 Å². The Morgan fingerprint density at radius 3 is 2.46 bits per heavy atom. The van der Waals surface area contributed by atoms with E-state index in [-0.39, 0.29) is 5.97 Å². The number of nitrogens with zero attached hydrogens (tertiary/aromatic N) is 1. The topological polar surface area (TPSA) is 50.1 Å². The van der Waals surface area contributed by atoms with Gasteiger partial charge in [-0.2, -0.15) is 5.26 Å². The average molecular weight is 181 g/mol. The lowest BCUT2D eigenvalue weighted by Crippen LogP contribution is -2.45. The zero-order chi connectivity index (χ0) is 10.1. The summed E-state index contributed by atoms with van der Waals surface area (Å²) in [7, 11) is 1.34. The number of carbonyl (C=O) groups excluding carboxylic acids is 1. The first kappa shape index (κ1) is 10.0. The summed E-state index contributed by atoms with van der Waals surface area (Å²) in [5.74, 6) is 0.678. The number of hydrogen-bond donors (Lipinski definition) is 0. The summed E-state index contributed by atoms with van der Waals surface area (Å²) in [6.45, 7) is 4.23. The maximum absolute atomic E-state index is 11.3.